The second kappa shape index (κ2) is 22.5. The van der Waals surface area contributed by atoms with E-state index >= 15 is 0 Å². The normalized spacial score (nSPS) is 4.25. The Morgan fingerprint density at radius 2 is 1.25 bits per heavy atom. The average molecular weight is 220 g/mol. The molecule has 0 aliphatic carbocycles. The molecule has 40 valence electrons. The molecule has 0 atom stereocenters. The van der Waals surface area contributed by atoms with Gasteiger partial charge in [0.15, 0.2) is 17.4 Å². The molecular weight excluding hydrogens is 212 g/mol. The average Bonchev–Trinajstić information content (AvgIpc) is 0.811. The zero-order valence-electron chi connectivity index (χ0n) is 6.67. The molecule has 0 radical (unpaired) electrons. The van der Waals surface area contributed by atoms with Gasteiger partial charge in [0, 0.05) is 11.0 Å². The van der Waals surface area contributed by atoms with Crippen LogP contribution in [0.3, 0.4) is 0 Å². The van der Waals surface area contributed by atoms with Crippen molar-refractivity contribution in [3.8, 4) is 0 Å². The number of hydrogen-bond acceptors (Lipinski definition) is 3. The van der Waals surface area contributed by atoms with Crippen molar-refractivity contribution in [2.24, 2.45) is 0 Å². The third-order valence-corrected chi connectivity index (χ3v) is 0. The zero-order valence-corrected chi connectivity index (χ0v) is 13.7. The summed E-state index contributed by atoms with van der Waals surface area (Å²) in [4.78, 5) is 0. The number of rotatable bonds is 0. The van der Waals surface area contributed by atoms with Gasteiger partial charge >= 0.3 is 120 Å². The van der Waals surface area contributed by atoms with Crippen molar-refractivity contribution in [3.05, 3.63) is 0 Å². The molecule has 0 saturated carbocycles. The Hall–Kier alpha value is 4.25. The van der Waals surface area contributed by atoms with Gasteiger partial charge in [-0.15, -0.1) is 0 Å². The molecule has 0 aliphatic rings. The minimum atomic E-state index is -2.86. The minimum Gasteiger partial charge on any atom is -1.00 e. The van der Waals surface area contributed by atoms with Gasteiger partial charge in [0.1, 0.15) is 0 Å². The van der Waals surface area contributed by atoms with Crippen LogP contribution in [0.1, 0.15) is 2.85 Å². The molecule has 0 heterocycles. The molecular formula is H8Al2K2O3S. The van der Waals surface area contributed by atoms with E-state index in [0.29, 0.717) is 0 Å². The van der Waals surface area contributed by atoms with Gasteiger partial charge in [-0.3, -0.25) is 0 Å². The van der Waals surface area contributed by atoms with Crippen molar-refractivity contribution in [2.45, 2.75) is 0 Å². The van der Waals surface area contributed by atoms with E-state index in [1.807, 2.05) is 0 Å². The van der Waals surface area contributed by atoms with Crippen LogP contribution in [0.15, 0.2) is 0 Å². The Balaban J connectivity index is -0.00000000300. The molecule has 0 bridgehead atoms. The molecule has 0 saturated heterocycles. The van der Waals surface area contributed by atoms with Crippen LogP contribution in [-0.2, 0) is 19.4 Å². The fraction of sp³-hybridized carbons (Fsp3) is 0. The third kappa shape index (κ3) is 48.6. The molecule has 0 unspecified atom stereocenters. The molecule has 0 aromatic heterocycles. The molecule has 0 aromatic carbocycles. The molecule has 0 aliphatic heterocycles. The monoisotopic (exact) mass is 220 g/mol. The van der Waals surface area contributed by atoms with Gasteiger partial charge in [0.05, 0.1) is 0 Å². The quantitative estimate of drug-likeness (QED) is 0.191. The first-order chi connectivity index (χ1) is 1.73. The van der Waals surface area contributed by atoms with E-state index in [9.17, 15) is 0 Å². The first-order valence-corrected chi connectivity index (χ1v) is 1.55. The van der Waals surface area contributed by atoms with Crippen molar-refractivity contribution in [3.63, 3.8) is 0 Å². The molecule has 8 heteroatoms. The zero-order chi connectivity index (χ0) is 3.58. The summed E-state index contributed by atoms with van der Waals surface area (Å²) in [6, 6.07) is 0. The molecule has 0 amide bonds. The van der Waals surface area contributed by atoms with Gasteiger partial charge in [-0.25, -0.2) is 0 Å². The van der Waals surface area contributed by atoms with Crippen LogP contribution in [0.4, 0.5) is 0 Å². The summed E-state index contributed by atoms with van der Waals surface area (Å²) in [7, 11) is -2.86. The summed E-state index contributed by atoms with van der Waals surface area (Å²) < 4.78 is 24.1. The molecule has 3 nitrogen and oxygen atoms in total. The molecule has 0 rings (SSSR count). The summed E-state index contributed by atoms with van der Waals surface area (Å²) in [5, 5.41) is 0. The Morgan fingerprint density at radius 1 is 1.25 bits per heavy atom. The van der Waals surface area contributed by atoms with Crippen LogP contribution in [0.25, 0.3) is 0 Å². The maximum Gasteiger partial charge on any atom is 1.00 e. The van der Waals surface area contributed by atoms with Gasteiger partial charge in [-0.05, 0) is 0 Å². The van der Waals surface area contributed by atoms with E-state index in [-0.39, 0.29) is 140 Å². The van der Waals surface area contributed by atoms with Crippen LogP contribution in [0.5, 0.6) is 0 Å². The Kier molecular flexibility index (Phi) is 82.9. The first-order valence-electron chi connectivity index (χ1n) is 0.516. The SMILES string of the molecule is O=[S-](=O)O.[AlH2+].[AlH3].[H-].[H-].[K+].[K+]. The fourth-order valence-electron chi connectivity index (χ4n) is 0. The Morgan fingerprint density at radius 3 is 1.25 bits per heavy atom. The van der Waals surface area contributed by atoms with Crippen LogP contribution in [0, 0.1) is 0 Å². The standard InChI is InChI=1S/2Al.2K.HO3S.7H/c;;;;1-4(2)3;;;;;;;/h;;;;(H,1,2,3);;;;;;;/q;3*+1;-1;;;;;;2*-1. The summed E-state index contributed by atoms with van der Waals surface area (Å²) in [5.74, 6) is 0. The van der Waals surface area contributed by atoms with E-state index in [2.05, 4.69) is 0 Å². The smallest absolute Gasteiger partial charge is 1.00 e. The van der Waals surface area contributed by atoms with Crippen LogP contribution < -0.4 is 103 Å². The molecule has 8 heavy (non-hydrogen) atoms. The van der Waals surface area contributed by atoms with Crippen LogP contribution >= 0.6 is 0 Å². The predicted molar refractivity (Wildman–Crippen MR) is 32.1 cm³/mol. The van der Waals surface area contributed by atoms with E-state index in [0.717, 1.165) is 0 Å². The van der Waals surface area contributed by atoms with Gasteiger partial charge in [-0.2, -0.15) is 0 Å². The van der Waals surface area contributed by atoms with Gasteiger partial charge in [0.25, 0.3) is 0 Å². The molecule has 0 fully saturated rings. The topological polar surface area (TPSA) is 54.4 Å². The van der Waals surface area contributed by atoms with E-state index < -0.39 is 11.0 Å². The van der Waals surface area contributed by atoms with Crippen molar-refractivity contribution in [2.75, 3.05) is 0 Å². The third-order valence-electron chi connectivity index (χ3n) is 0. The van der Waals surface area contributed by atoms with Crippen molar-refractivity contribution >= 4 is 45.7 Å². The van der Waals surface area contributed by atoms with E-state index in [1.54, 1.807) is 0 Å². The fourth-order valence-corrected chi connectivity index (χ4v) is 0. The summed E-state index contributed by atoms with van der Waals surface area (Å²) >= 11 is 0. The first kappa shape index (κ1) is 29.5. The Bertz CT molecular complexity index is 70.9. The second-order valence-corrected chi connectivity index (χ2v) is 0.651. The Labute approximate surface area is 160 Å². The molecule has 0 spiro atoms. The second-order valence-electron chi connectivity index (χ2n) is 0.217. The van der Waals surface area contributed by atoms with Crippen LogP contribution in [0.2, 0.25) is 0 Å². The minimum absolute atomic E-state index is 0. The van der Waals surface area contributed by atoms with Crippen molar-refractivity contribution in [1.82, 2.24) is 0 Å². The number of hydrogen-bond donors (Lipinski definition) is 1. The van der Waals surface area contributed by atoms with Gasteiger partial charge in [-0.1, -0.05) is 0 Å². The maximum absolute atomic E-state index is 8.56. The summed E-state index contributed by atoms with van der Waals surface area (Å²) in [5.41, 5.74) is 0. The van der Waals surface area contributed by atoms with Crippen LogP contribution in [-0.4, -0.2) is 39.3 Å². The van der Waals surface area contributed by atoms with Crippen molar-refractivity contribution < 1.29 is 119 Å². The summed E-state index contributed by atoms with van der Waals surface area (Å²) in [6.45, 7) is 0. The van der Waals surface area contributed by atoms with Gasteiger partial charge < -0.3 is 15.8 Å². The summed E-state index contributed by atoms with van der Waals surface area (Å²) in [6.07, 6.45) is 0. The van der Waals surface area contributed by atoms with E-state index in [1.165, 1.54) is 0 Å². The van der Waals surface area contributed by atoms with Crippen molar-refractivity contribution in [1.29, 1.82) is 0 Å². The maximum atomic E-state index is 8.56. The predicted octanol–water partition coefficient (Wildman–Crippen LogP) is -8.10. The van der Waals surface area contributed by atoms with Gasteiger partial charge in [0.2, 0.25) is 0 Å². The molecule has 1 N–H and O–H groups in total. The largest absolute Gasteiger partial charge is 1.00 e. The van der Waals surface area contributed by atoms with E-state index in [4.69, 9.17) is 13.0 Å². The molecule has 0 aromatic rings.